The van der Waals surface area contributed by atoms with Gasteiger partial charge in [-0.3, -0.25) is 14.4 Å². The lowest BCUT2D eigenvalue weighted by atomic mass is 9.96. The number of likely N-dealkylation sites (N-methyl/N-ethyl adjacent to an activating group) is 1. The fourth-order valence-electron chi connectivity index (χ4n) is 3.84. The van der Waals surface area contributed by atoms with Gasteiger partial charge in [-0.1, -0.05) is 18.2 Å². The molecule has 0 aromatic heterocycles. The van der Waals surface area contributed by atoms with Gasteiger partial charge in [0.25, 0.3) is 0 Å². The van der Waals surface area contributed by atoms with E-state index in [2.05, 4.69) is 34.6 Å². The van der Waals surface area contributed by atoms with Crippen LogP contribution in [-0.4, -0.2) is 48.3 Å². The molecule has 2 aromatic carbocycles. The van der Waals surface area contributed by atoms with Gasteiger partial charge in [-0.25, -0.2) is 0 Å². The van der Waals surface area contributed by atoms with Gasteiger partial charge >= 0.3 is 0 Å². The Labute approximate surface area is 183 Å². The van der Waals surface area contributed by atoms with E-state index >= 15 is 0 Å². The minimum Gasteiger partial charge on any atom is -0.359 e. The van der Waals surface area contributed by atoms with Crippen LogP contribution >= 0.6 is 0 Å². The molecule has 0 unspecified atom stereocenters. The lowest BCUT2D eigenvalue weighted by Crippen LogP contribution is -2.47. The van der Waals surface area contributed by atoms with E-state index in [0.717, 1.165) is 18.5 Å². The van der Waals surface area contributed by atoms with Crippen molar-refractivity contribution in [2.45, 2.75) is 39.7 Å². The van der Waals surface area contributed by atoms with Crippen molar-refractivity contribution in [1.82, 2.24) is 4.90 Å². The summed E-state index contributed by atoms with van der Waals surface area (Å²) in [6, 6.07) is 15.3. The molecule has 0 saturated heterocycles. The number of carbonyl (C=O) groups excluding carboxylic acids is 3. The van der Waals surface area contributed by atoms with Crippen LogP contribution in [0.3, 0.4) is 0 Å². The molecular formula is C24H30N4O3. The highest BCUT2D eigenvalue weighted by atomic mass is 16.2. The molecule has 3 rings (SSSR count). The number of para-hydroxylation sites is 1. The number of rotatable bonds is 7. The summed E-state index contributed by atoms with van der Waals surface area (Å²) < 4.78 is 0. The molecule has 31 heavy (non-hydrogen) atoms. The van der Waals surface area contributed by atoms with Crippen LogP contribution in [0.1, 0.15) is 32.8 Å². The highest BCUT2D eigenvalue weighted by Crippen LogP contribution is 2.30. The molecule has 1 aliphatic rings. The molecule has 1 aliphatic heterocycles. The van der Waals surface area contributed by atoms with E-state index in [1.54, 1.807) is 29.2 Å². The Morgan fingerprint density at radius 1 is 1.03 bits per heavy atom. The fourth-order valence-corrected chi connectivity index (χ4v) is 3.84. The predicted octanol–water partition coefficient (Wildman–Crippen LogP) is 3.27. The normalized spacial score (nSPS) is 15.1. The number of amides is 3. The molecule has 164 valence electrons. The fraction of sp³-hybridized carbons (Fsp3) is 0.375. The highest BCUT2D eigenvalue weighted by molar-refractivity contribution is 5.95. The molecule has 0 fully saturated rings. The summed E-state index contributed by atoms with van der Waals surface area (Å²) in [7, 11) is 0. The average molecular weight is 423 g/mol. The number of fused-ring (bicyclic) bond motifs is 1. The van der Waals surface area contributed by atoms with Crippen LogP contribution in [0.25, 0.3) is 0 Å². The first-order chi connectivity index (χ1) is 14.9. The smallest absolute Gasteiger partial charge is 0.243 e. The first-order valence-electron chi connectivity index (χ1n) is 10.7. The molecule has 1 heterocycles. The van der Waals surface area contributed by atoms with E-state index in [1.807, 2.05) is 19.1 Å². The van der Waals surface area contributed by atoms with Crippen molar-refractivity contribution in [2.75, 3.05) is 35.2 Å². The molecule has 3 amide bonds. The summed E-state index contributed by atoms with van der Waals surface area (Å²) in [6.07, 6.45) is 2.02. The van der Waals surface area contributed by atoms with Crippen molar-refractivity contribution < 1.29 is 14.4 Å². The summed E-state index contributed by atoms with van der Waals surface area (Å²) in [6.45, 7) is 6.15. The molecule has 1 atom stereocenters. The van der Waals surface area contributed by atoms with Gasteiger partial charge in [-0.15, -0.1) is 0 Å². The Morgan fingerprint density at radius 2 is 1.68 bits per heavy atom. The standard InChI is InChI=1S/C24H30N4O3/c1-4-27(15-23(30)26-21-13-11-20(12-14-21)25-18(3)29)24(31)16-28-17(2)9-10-19-7-5-6-8-22(19)28/h5-8,11-14,17H,4,9-10,15-16H2,1-3H3,(H,25,29)(H,26,30)/t17-/m1/s1. The molecule has 0 saturated carbocycles. The minimum atomic E-state index is -0.255. The van der Waals surface area contributed by atoms with Crippen molar-refractivity contribution in [1.29, 1.82) is 0 Å². The van der Waals surface area contributed by atoms with E-state index in [4.69, 9.17) is 0 Å². The number of nitrogens with zero attached hydrogens (tertiary/aromatic N) is 2. The van der Waals surface area contributed by atoms with Gasteiger partial charge in [-0.2, -0.15) is 0 Å². The predicted molar refractivity (Wildman–Crippen MR) is 123 cm³/mol. The van der Waals surface area contributed by atoms with Crippen molar-refractivity contribution in [3.8, 4) is 0 Å². The quantitative estimate of drug-likeness (QED) is 0.718. The van der Waals surface area contributed by atoms with Crippen LogP contribution in [0, 0.1) is 0 Å². The van der Waals surface area contributed by atoms with Crippen LogP contribution in [0.2, 0.25) is 0 Å². The Hall–Kier alpha value is -3.35. The maximum Gasteiger partial charge on any atom is 0.243 e. The lowest BCUT2D eigenvalue weighted by molar-refractivity contribution is -0.133. The van der Waals surface area contributed by atoms with E-state index in [-0.39, 0.29) is 36.9 Å². The Morgan fingerprint density at radius 3 is 2.32 bits per heavy atom. The zero-order valence-corrected chi connectivity index (χ0v) is 18.4. The van der Waals surface area contributed by atoms with Crippen molar-refractivity contribution in [3.05, 3.63) is 54.1 Å². The van der Waals surface area contributed by atoms with Crippen LogP contribution in [0.5, 0.6) is 0 Å². The molecule has 0 bridgehead atoms. The zero-order valence-electron chi connectivity index (χ0n) is 18.4. The second-order valence-corrected chi connectivity index (χ2v) is 7.86. The number of nitrogens with one attached hydrogen (secondary N) is 2. The molecule has 2 aromatic rings. The monoisotopic (exact) mass is 422 g/mol. The van der Waals surface area contributed by atoms with Gasteiger partial charge < -0.3 is 20.4 Å². The first kappa shape index (κ1) is 22.3. The molecule has 0 radical (unpaired) electrons. The zero-order chi connectivity index (χ0) is 22.4. The number of carbonyl (C=O) groups is 3. The van der Waals surface area contributed by atoms with Gasteiger partial charge in [0, 0.05) is 36.6 Å². The lowest BCUT2D eigenvalue weighted by Gasteiger charge is -2.37. The number of hydrogen-bond acceptors (Lipinski definition) is 4. The number of hydrogen-bond donors (Lipinski definition) is 2. The largest absolute Gasteiger partial charge is 0.359 e. The number of aryl methyl sites for hydroxylation is 1. The molecule has 0 spiro atoms. The van der Waals surface area contributed by atoms with Gasteiger partial charge in [-0.05, 0) is 62.6 Å². The van der Waals surface area contributed by atoms with Crippen LogP contribution < -0.4 is 15.5 Å². The second kappa shape index (κ2) is 10.1. The van der Waals surface area contributed by atoms with E-state index < -0.39 is 0 Å². The second-order valence-electron chi connectivity index (χ2n) is 7.86. The first-order valence-corrected chi connectivity index (χ1v) is 10.7. The van der Waals surface area contributed by atoms with E-state index in [1.165, 1.54) is 12.5 Å². The average Bonchev–Trinajstić information content (AvgIpc) is 2.75. The summed E-state index contributed by atoms with van der Waals surface area (Å²) in [5, 5.41) is 5.49. The molecular weight excluding hydrogens is 392 g/mol. The Kier molecular flexibility index (Phi) is 7.28. The minimum absolute atomic E-state index is 0.00729. The summed E-state index contributed by atoms with van der Waals surface area (Å²) in [4.78, 5) is 40.3. The number of benzene rings is 2. The number of anilines is 3. The topological polar surface area (TPSA) is 81.8 Å². The van der Waals surface area contributed by atoms with Crippen LogP contribution in [0.15, 0.2) is 48.5 Å². The van der Waals surface area contributed by atoms with Crippen molar-refractivity contribution in [2.24, 2.45) is 0 Å². The van der Waals surface area contributed by atoms with Gasteiger partial charge in [0.2, 0.25) is 17.7 Å². The summed E-state index contributed by atoms with van der Waals surface area (Å²) in [5.41, 5.74) is 3.64. The van der Waals surface area contributed by atoms with E-state index in [9.17, 15) is 14.4 Å². The third-order valence-corrected chi connectivity index (χ3v) is 5.53. The molecule has 0 aliphatic carbocycles. The third kappa shape index (κ3) is 5.84. The van der Waals surface area contributed by atoms with E-state index in [0.29, 0.717) is 17.9 Å². The Balaban J connectivity index is 1.59. The van der Waals surface area contributed by atoms with Gasteiger partial charge in [0.15, 0.2) is 0 Å². The van der Waals surface area contributed by atoms with Crippen molar-refractivity contribution >= 4 is 34.8 Å². The van der Waals surface area contributed by atoms with Crippen molar-refractivity contribution in [3.63, 3.8) is 0 Å². The summed E-state index contributed by atoms with van der Waals surface area (Å²) >= 11 is 0. The maximum atomic E-state index is 13.0. The maximum absolute atomic E-state index is 13.0. The van der Waals surface area contributed by atoms with Gasteiger partial charge in [0.05, 0.1) is 13.1 Å². The molecule has 2 N–H and O–H groups in total. The SMILES string of the molecule is CCN(CC(=O)Nc1ccc(NC(C)=O)cc1)C(=O)CN1c2ccccc2CC[C@H]1C. The van der Waals surface area contributed by atoms with Crippen LogP contribution in [-0.2, 0) is 20.8 Å². The Bertz CT molecular complexity index is 942. The van der Waals surface area contributed by atoms with Gasteiger partial charge in [0.1, 0.15) is 0 Å². The van der Waals surface area contributed by atoms with Crippen LogP contribution in [0.4, 0.5) is 17.1 Å². The highest BCUT2D eigenvalue weighted by Gasteiger charge is 2.26. The molecule has 7 heteroatoms. The summed E-state index contributed by atoms with van der Waals surface area (Å²) in [5.74, 6) is -0.476. The third-order valence-electron chi connectivity index (χ3n) is 5.53. The molecule has 7 nitrogen and oxygen atoms in total.